The lowest BCUT2D eigenvalue weighted by molar-refractivity contribution is -0.116. The Hall–Kier alpha value is -2.38. The summed E-state index contributed by atoms with van der Waals surface area (Å²) < 4.78 is 0. The summed E-state index contributed by atoms with van der Waals surface area (Å²) in [6, 6.07) is 9.48. The van der Waals surface area contributed by atoms with E-state index in [0.717, 1.165) is 17.0 Å². The largest absolute Gasteiger partial charge is 0.301 e. The predicted octanol–water partition coefficient (Wildman–Crippen LogP) is 4.43. The molecule has 0 fully saturated rings. The number of benzene rings is 1. The molecule has 0 unspecified atom stereocenters. The standard InChI is InChI=1S/C18H17N3O2S2/c1-2-12-3-5-13(6-4-12)15(22)7-8-16(23)19-18-21-20-17(25-18)14-9-10-24-11-14/h3-6,9-11H,2,7-8H2,1H3,(H,19,21,23). The minimum Gasteiger partial charge on any atom is -0.301 e. The minimum atomic E-state index is -0.230. The van der Waals surface area contributed by atoms with Crippen molar-refractivity contribution in [1.82, 2.24) is 10.2 Å². The van der Waals surface area contributed by atoms with Gasteiger partial charge >= 0.3 is 0 Å². The highest BCUT2D eigenvalue weighted by atomic mass is 32.1. The average Bonchev–Trinajstić information content (AvgIpc) is 3.31. The minimum absolute atomic E-state index is 0.0333. The number of Topliss-reactive ketones (excluding diaryl/α,β-unsaturated/α-hetero) is 1. The van der Waals surface area contributed by atoms with Crippen LogP contribution in [0.15, 0.2) is 41.1 Å². The number of aryl methyl sites for hydroxylation is 1. The van der Waals surface area contributed by atoms with Gasteiger partial charge in [-0.2, -0.15) is 11.3 Å². The first-order chi connectivity index (χ1) is 12.2. The molecule has 0 spiro atoms. The first-order valence-electron chi connectivity index (χ1n) is 7.93. The second kappa shape index (κ2) is 8.13. The second-order valence-electron chi connectivity index (χ2n) is 5.45. The van der Waals surface area contributed by atoms with Gasteiger partial charge in [-0.25, -0.2) is 0 Å². The first kappa shape index (κ1) is 17.4. The van der Waals surface area contributed by atoms with Crippen LogP contribution in [0, 0.1) is 0 Å². The lowest BCUT2D eigenvalue weighted by atomic mass is 10.0. The molecule has 0 aliphatic carbocycles. The van der Waals surface area contributed by atoms with E-state index in [1.807, 2.05) is 41.1 Å². The summed E-state index contributed by atoms with van der Waals surface area (Å²) >= 11 is 2.90. The van der Waals surface area contributed by atoms with Crippen LogP contribution in [0.1, 0.15) is 35.7 Å². The van der Waals surface area contributed by atoms with Crippen LogP contribution < -0.4 is 5.32 Å². The van der Waals surface area contributed by atoms with Crippen molar-refractivity contribution in [2.45, 2.75) is 26.2 Å². The van der Waals surface area contributed by atoms with Crippen molar-refractivity contribution in [3.8, 4) is 10.6 Å². The van der Waals surface area contributed by atoms with Gasteiger partial charge in [-0.1, -0.05) is 42.5 Å². The summed E-state index contributed by atoms with van der Waals surface area (Å²) in [6.45, 7) is 2.07. The Bertz CT molecular complexity index is 855. The van der Waals surface area contributed by atoms with Crippen molar-refractivity contribution in [2.24, 2.45) is 0 Å². The Kier molecular flexibility index (Phi) is 5.67. The Labute approximate surface area is 153 Å². The molecular formula is C18H17N3O2S2. The number of rotatable bonds is 7. The molecule has 1 N–H and O–H groups in total. The quantitative estimate of drug-likeness (QED) is 0.624. The van der Waals surface area contributed by atoms with Crippen LogP contribution in [0.5, 0.6) is 0 Å². The fourth-order valence-corrected chi connectivity index (χ4v) is 3.73. The fraction of sp³-hybridized carbons (Fsp3) is 0.222. The van der Waals surface area contributed by atoms with Gasteiger partial charge in [0.25, 0.3) is 0 Å². The Morgan fingerprint density at radius 1 is 1.08 bits per heavy atom. The number of anilines is 1. The third kappa shape index (κ3) is 4.58. The fourth-order valence-electron chi connectivity index (χ4n) is 2.26. The molecule has 1 aromatic carbocycles. The van der Waals surface area contributed by atoms with E-state index in [-0.39, 0.29) is 24.5 Å². The zero-order valence-corrected chi connectivity index (χ0v) is 15.3. The molecule has 2 heterocycles. The number of ketones is 1. The molecule has 25 heavy (non-hydrogen) atoms. The molecule has 0 atom stereocenters. The van der Waals surface area contributed by atoms with Crippen LogP contribution in [0.2, 0.25) is 0 Å². The molecule has 0 saturated heterocycles. The third-order valence-corrected chi connectivity index (χ3v) is 5.27. The number of aromatic nitrogens is 2. The monoisotopic (exact) mass is 371 g/mol. The summed E-state index contributed by atoms with van der Waals surface area (Å²) in [5.41, 5.74) is 2.82. The molecule has 0 saturated carbocycles. The topological polar surface area (TPSA) is 72.0 Å². The SMILES string of the molecule is CCc1ccc(C(=O)CCC(=O)Nc2nnc(-c3ccsc3)s2)cc1. The van der Waals surface area contributed by atoms with Crippen LogP contribution >= 0.6 is 22.7 Å². The molecule has 0 aliphatic heterocycles. The maximum Gasteiger partial charge on any atom is 0.226 e. The Morgan fingerprint density at radius 3 is 2.56 bits per heavy atom. The van der Waals surface area contributed by atoms with E-state index in [1.54, 1.807) is 11.3 Å². The van der Waals surface area contributed by atoms with E-state index in [0.29, 0.717) is 10.7 Å². The molecule has 0 bridgehead atoms. The van der Waals surface area contributed by atoms with Gasteiger partial charge in [-0.05, 0) is 23.4 Å². The van der Waals surface area contributed by atoms with E-state index in [1.165, 1.54) is 16.9 Å². The summed E-state index contributed by atoms with van der Waals surface area (Å²) in [6.07, 6.45) is 1.24. The maximum absolute atomic E-state index is 12.2. The first-order valence-corrected chi connectivity index (χ1v) is 9.69. The number of hydrogen-bond acceptors (Lipinski definition) is 6. The van der Waals surface area contributed by atoms with Gasteiger partial charge in [-0.15, -0.1) is 10.2 Å². The van der Waals surface area contributed by atoms with Crippen LogP contribution in [0.3, 0.4) is 0 Å². The Balaban J connectivity index is 1.51. The van der Waals surface area contributed by atoms with E-state index < -0.39 is 0 Å². The highest BCUT2D eigenvalue weighted by molar-refractivity contribution is 7.19. The normalized spacial score (nSPS) is 10.6. The van der Waals surface area contributed by atoms with Gasteiger partial charge in [0.1, 0.15) is 5.01 Å². The van der Waals surface area contributed by atoms with Gasteiger partial charge in [0.2, 0.25) is 11.0 Å². The van der Waals surface area contributed by atoms with E-state index >= 15 is 0 Å². The number of carbonyl (C=O) groups is 2. The molecule has 3 rings (SSSR count). The third-order valence-electron chi connectivity index (χ3n) is 3.70. The maximum atomic E-state index is 12.2. The van der Waals surface area contributed by atoms with Gasteiger partial charge in [-0.3, -0.25) is 9.59 Å². The summed E-state index contributed by atoms with van der Waals surface area (Å²) in [5, 5.41) is 15.9. The van der Waals surface area contributed by atoms with Crippen LogP contribution in [0.25, 0.3) is 10.6 Å². The molecule has 1 amide bonds. The molecular weight excluding hydrogens is 354 g/mol. The van der Waals surface area contributed by atoms with Gasteiger partial charge in [0, 0.05) is 29.3 Å². The van der Waals surface area contributed by atoms with Crippen molar-refractivity contribution in [2.75, 3.05) is 5.32 Å². The number of carbonyl (C=O) groups excluding carboxylic acids is 2. The Morgan fingerprint density at radius 2 is 1.88 bits per heavy atom. The number of hydrogen-bond donors (Lipinski definition) is 1. The zero-order valence-electron chi connectivity index (χ0n) is 13.7. The second-order valence-corrected chi connectivity index (χ2v) is 7.20. The number of nitrogens with one attached hydrogen (secondary N) is 1. The summed E-state index contributed by atoms with van der Waals surface area (Å²) in [5.74, 6) is -0.263. The lowest BCUT2D eigenvalue weighted by Gasteiger charge is -2.03. The molecule has 0 aliphatic rings. The van der Waals surface area contributed by atoms with Crippen LogP contribution in [-0.2, 0) is 11.2 Å². The van der Waals surface area contributed by atoms with Crippen molar-refractivity contribution in [1.29, 1.82) is 0 Å². The summed E-state index contributed by atoms with van der Waals surface area (Å²) in [4.78, 5) is 24.2. The molecule has 7 heteroatoms. The molecule has 0 radical (unpaired) electrons. The molecule has 128 valence electrons. The zero-order chi connectivity index (χ0) is 17.6. The molecule has 3 aromatic rings. The van der Waals surface area contributed by atoms with Crippen LogP contribution in [-0.4, -0.2) is 21.9 Å². The highest BCUT2D eigenvalue weighted by Gasteiger charge is 2.12. The van der Waals surface area contributed by atoms with Gasteiger partial charge in [0.05, 0.1) is 0 Å². The average molecular weight is 371 g/mol. The number of nitrogens with zero attached hydrogens (tertiary/aromatic N) is 2. The predicted molar refractivity (Wildman–Crippen MR) is 101 cm³/mol. The number of amides is 1. The van der Waals surface area contributed by atoms with E-state index in [9.17, 15) is 9.59 Å². The van der Waals surface area contributed by atoms with E-state index in [4.69, 9.17) is 0 Å². The van der Waals surface area contributed by atoms with E-state index in [2.05, 4.69) is 22.4 Å². The molecule has 5 nitrogen and oxygen atoms in total. The number of thiophene rings is 1. The van der Waals surface area contributed by atoms with Crippen molar-refractivity contribution in [3.05, 3.63) is 52.2 Å². The summed E-state index contributed by atoms with van der Waals surface area (Å²) in [7, 11) is 0. The highest BCUT2D eigenvalue weighted by Crippen LogP contribution is 2.27. The van der Waals surface area contributed by atoms with Crippen molar-refractivity contribution in [3.63, 3.8) is 0 Å². The van der Waals surface area contributed by atoms with Crippen LogP contribution in [0.4, 0.5) is 5.13 Å². The van der Waals surface area contributed by atoms with Crippen molar-refractivity contribution < 1.29 is 9.59 Å². The van der Waals surface area contributed by atoms with Gasteiger partial charge < -0.3 is 5.32 Å². The van der Waals surface area contributed by atoms with Crippen molar-refractivity contribution >= 4 is 39.5 Å². The smallest absolute Gasteiger partial charge is 0.226 e. The lowest BCUT2D eigenvalue weighted by Crippen LogP contribution is -2.13. The van der Waals surface area contributed by atoms with Gasteiger partial charge in [0.15, 0.2) is 5.78 Å². The molecule has 2 aromatic heterocycles.